The highest BCUT2D eigenvalue weighted by Gasteiger charge is 2.01. The molecule has 0 aliphatic heterocycles. The molecule has 0 radical (unpaired) electrons. The minimum absolute atomic E-state index is 0.152. The van der Waals surface area contributed by atoms with Crippen molar-refractivity contribution in [3.63, 3.8) is 0 Å². The van der Waals surface area contributed by atoms with Crippen LogP contribution >= 0.6 is 0 Å². The fourth-order valence-corrected chi connectivity index (χ4v) is 2.23. The van der Waals surface area contributed by atoms with Gasteiger partial charge in [0.2, 0.25) is 11.9 Å². The number of ether oxygens (including phenoxy) is 1. The number of aryl methyl sites for hydroxylation is 1. The van der Waals surface area contributed by atoms with Crippen molar-refractivity contribution in [1.29, 1.82) is 0 Å². The first-order chi connectivity index (χ1) is 12.6. The maximum absolute atomic E-state index is 11.9. The Labute approximate surface area is 153 Å². The molecule has 0 aliphatic rings. The van der Waals surface area contributed by atoms with Crippen LogP contribution in [0.4, 0.5) is 11.8 Å². The molecule has 2 aromatic rings. The van der Waals surface area contributed by atoms with Crippen LogP contribution in [0.5, 0.6) is 5.75 Å². The van der Waals surface area contributed by atoms with Crippen LogP contribution < -0.4 is 20.7 Å². The lowest BCUT2D eigenvalue weighted by Gasteiger charge is -2.09. The molecule has 0 saturated carbocycles. The van der Waals surface area contributed by atoms with Gasteiger partial charge >= 0.3 is 0 Å². The van der Waals surface area contributed by atoms with Crippen LogP contribution in [0.15, 0.2) is 36.4 Å². The van der Waals surface area contributed by atoms with Gasteiger partial charge in [0.1, 0.15) is 11.6 Å². The number of benzene rings is 1. The highest BCUT2D eigenvalue weighted by Crippen LogP contribution is 2.12. The maximum Gasteiger partial charge on any atom is 0.244 e. The minimum atomic E-state index is -0.152. The number of anilines is 2. The van der Waals surface area contributed by atoms with Crippen LogP contribution in [-0.4, -0.2) is 42.6 Å². The van der Waals surface area contributed by atoms with Crippen LogP contribution in [-0.2, 0) is 4.79 Å². The lowest BCUT2D eigenvalue weighted by Crippen LogP contribution is -2.27. The molecule has 0 unspecified atom stereocenters. The predicted octanol–water partition coefficient (Wildman–Crippen LogP) is 2.47. The summed E-state index contributed by atoms with van der Waals surface area (Å²) in [5.41, 5.74) is 1.81. The van der Waals surface area contributed by atoms with Crippen molar-refractivity contribution in [2.24, 2.45) is 0 Å². The largest absolute Gasteiger partial charge is 0.497 e. The number of aromatic nitrogens is 2. The van der Waals surface area contributed by atoms with Crippen molar-refractivity contribution in [2.75, 3.05) is 37.4 Å². The predicted molar refractivity (Wildman–Crippen MR) is 104 cm³/mol. The topological polar surface area (TPSA) is 88.2 Å². The van der Waals surface area contributed by atoms with Crippen molar-refractivity contribution >= 4 is 23.7 Å². The van der Waals surface area contributed by atoms with Gasteiger partial charge in [0.25, 0.3) is 0 Å². The summed E-state index contributed by atoms with van der Waals surface area (Å²) >= 11 is 0. The van der Waals surface area contributed by atoms with Gasteiger partial charge in [0.15, 0.2) is 0 Å². The van der Waals surface area contributed by atoms with E-state index in [1.807, 2.05) is 44.2 Å². The van der Waals surface area contributed by atoms with Gasteiger partial charge in [-0.25, -0.2) is 4.98 Å². The Bertz CT molecular complexity index is 744. The van der Waals surface area contributed by atoms with Gasteiger partial charge < -0.3 is 20.7 Å². The standard InChI is InChI=1S/C19H25N5O2/c1-4-20-17-13-14(2)23-19(24-17)22-12-11-21-18(25)10-7-15-5-8-16(26-3)9-6-15/h5-10,13H,4,11-12H2,1-3H3,(H,21,25)(H2,20,22,23,24)/b10-7+. The number of nitrogens with zero attached hydrogens (tertiary/aromatic N) is 2. The van der Waals surface area contributed by atoms with Crippen LogP contribution in [0, 0.1) is 6.92 Å². The van der Waals surface area contributed by atoms with Gasteiger partial charge in [-0.1, -0.05) is 12.1 Å². The number of rotatable bonds is 9. The lowest BCUT2D eigenvalue weighted by molar-refractivity contribution is -0.116. The zero-order valence-corrected chi connectivity index (χ0v) is 15.4. The van der Waals surface area contributed by atoms with Gasteiger partial charge in [0.05, 0.1) is 7.11 Å². The smallest absolute Gasteiger partial charge is 0.244 e. The fraction of sp³-hybridized carbons (Fsp3) is 0.316. The van der Waals surface area contributed by atoms with Crippen LogP contribution in [0.3, 0.4) is 0 Å². The second-order valence-corrected chi connectivity index (χ2v) is 5.57. The zero-order chi connectivity index (χ0) is 18.8. The van der Waals surface area contributed by atoms with Gasteiger partial charge in [-0.3, -0.25) is 4.79 Å². The first kappa shape index (κ1) is 19.2. The fourth-order valence-electron chi connectivity index (χ4n) is 2.23. The first-order valence-corrected chi connectivity index (χ1v) is 8.54. The van der Waals surface area contributed by atoms with E-state index in [2.05, 4.69) is 25.9 Å². The van der Waals surface area contributed by atoms with Crippen molar-refractivity contribution in [3.05, 3.63) is 47.7 Å². The summed E-state index contributed by atoms with van der Waals surface area (Å²) in [5.74, 6) is 1.97. The molecule has 7 nitrogen and oxygen atoms in total. The van der Waals surface area contributed by atoms with Crippen LogP contribution in [0.25, 0.3) is 6.08 Å². The number of methoxy groups -OCH3 is 1. The summed E-state index contributed by atoms with van der Waals surface area (Å²) in [5, 5.41) is 9.09. The summed E-state index contributed by atoms with van der Waals surface area (Å²) in [6.45, 7) is 5.74. The summed E-state index contributed by atoms with van der Waals surface area (Å²) in [4.78, 5) is 20.5. The van der Waals surface area contributed by atoms with E-state index in [1.54, 1.807) is 13.2 Å². The molecule has 1 aromatic heterocycles. The third kappa shape index (κ3) is 6.43. The highest BCUT2D eigenvalue weighted by atomic mass is 16.5. The molecule has 0 bridgehead atoms. The first-order valence-electron chi connectivity index (χ1n) is 8.54. The quantitative estimate of drug-likeness (QED) is 0.473. The summed E-state index contributed by atoms with van der Waals surface area (Å²) in [7, 11) is 1.62. The lowest BCUT2D eigenvalue weighted by atomic mass is 10.2. The summed E-state index contributed by atoms with van der Waals surface area (Å²) in [6, 6.07) is 9.37. The number of hydrogen-bond acceptors (Lipinski definition) is 6. The Kier molecular flexibility index (Phi) is 7.42. The van der Waals surface area contributed by atoms with Gasteiger partial charge in [-0.05, 0) is 37.6 Å². The van der Waals surface area contributed by atoms with E-state index in [-0.39, 0.29) is 5.91 Å². The molecule has 3 N–H and O–H groups in total. The Hall–Kier alpha value is -3.09. The maximum atomic E-state index is 11.9. The van der Waals surface area contributed by atoms with Gasteiger partial charge in [0, 0.05) is 37.5 Å². The van der Waals surface area contributed by atoms with E-state index in [9.17, 15) is 4.79 Å². The van der Waals surface area contributed by atoms with E-state index in [0.29, 0.717) is 19.0 Å². The van der Waals surface area contributed by atoms with E-state index < -0.39 is 0 Å². The molecular weight excluding hydrogens is 330 g/mol. The molecule has 1 aromatic carbocycles. The van der Waals surface area contributed by atoms with Crippen molar-refractivity contribution in [3.8, 4) is 5.75 Å². The van der Waals surface area contributed by atoms with Crippen molar-refractivity contribution in [2.45, 2.75) is 13.8 Å². The Morgan fingerprint density at radius 1 is 1.15 bits per heavy atom. The highest BCUT2D eigenvalue weighted by molar-refractivity contribution is 5.91. The number of carbonyl (C=O) groups excluding carboxylic acids is 1. The van der Waals surface area contributed by atoms with Crippen LogP contribution in [0.2, 0.25) is 0 Å². The SMILES string of the molecule is CCNc1cc(C)nc(NCCNC(=O)/C=C/c2ccc(OC)cc2)n1. The number of nitrogens with one attached hydrogen (secondary N) is 3. The van der Waals surface area contributed by atoms with Crippen molar-refractivity contribution in [1.82, 2.24) is 15.3 Å². The molecule has 138 valence electrons. The number of hydrogen-bond donors (Lipinski definition) is 3. The van der Waals surface area contributed by atoms with E-state index in [4.69, 9.17) is 4.74 Å². The molecule has 0 spiro atoms. The third-order valence-corrected chi connectivity index (χ3v) is 3.46. The van der Waals surface area contributed by atoms with E-state index in [1.165, 1.54) is 6.08 Å². The molecule has 1 amide bonds. The molecule has 0 fully saturated rings. The van der Waals surface area contributed by atoms with Gasteiger partial charge in [-0.2, -0.15) is 4.98 Å². The van der Waals surface area contributed by atoms with E-state index in [0.717, 1.165) is 29.4 Å². The molecule has 0 atom stereocenters. The summed E-state index contributed by atoms with van der Waals surface area (Å²) in [6.07, 6.45) is 3.27. The normalized spacial score (nSPS) is 10.6. The molecule has 2 rings (SSSR count). The molecule has 7 heteroatoms. The number of carbonyl (C=O) groups is 1. The Balaban J connectivity index is 1.75. The minimum Gasteiger partial charge on any atom is -0.497 e. The second-order valence-electron chi connectivity index (χ2n) is 5.57. The second kappa shape index (κ2) is 10.0. The molecule has 1 heterocycles. The van der Waals surface area contributed by atoms with E-state index >= 15 is 0 Å². The number of amides is 1. The zero-order valence-electron chi connectivity index (χ0n) is 15.4. The monoisotopic (exact) mass is 355 g/mol. The average Bonchev–Trinajstić information content (AvgIpc) is 2.64. The molecule has 0 saturated heterocycles. The third-order valence-electron chi connectivity index (χ3n) is 3.46. The molecule has 0 aliphatic carbocycles. The molecular formula is C19H25N5O2. The average molecular weight is 355 g/mol. The Morgan fingerprint density at radius 3 is 2.62 bits per heavy atom. The van der Waals surface area contributed by atoms with Crippen molar-refractivity contribution < 1.29 is 9.53 Å². The molecule has 26 heavy (non-hydrogen) atoms. The van der Waals surface area contributed by atoms with Gasteiger partial charge in [-0.15, -0.1) is 0 Å². The summed E-state index contributed by atoms with van der Waals surface area (Å²) < 4.78 is 5.10. The van der Waals surface area contributed by atoms with Crippen LogP contribution in [0.1, 0.15) is 18.2 Å². The Morgan fingerprint density at radius 2 is 1.92 bits per heavy atom.